The predicted octanol–water partition coefficient (Wildman–Crippen LogP) is 2.62. The minimum atomic E-state index is -4.77. The number of ether oxygens (including phenoxy) is 1. The monoisotopic (exact) mass is 408 g/mol. The number of aromatic nitrogens is 5. The molecule has 0 N–H and O–H groups in total. The van der Waals surface area contributed by atoms with E-state index >= 15 is 0 Å². The Morgan fingerprint density at radius 1 is 1.28 bits per heavy atom. The van der Waals surface area contributed by atoms with E-state index in [-0.39, 0.29) is 29.2 Å². The van der Waals surface area contributed by atoms with Crippen LogP contribution in [0, 0.1) is 6.92 Å². The molecule has 0 saturated carbocycles. The van der Waals surface area contributed by atoms with Crippen LogP contribution in [0.1, 0.15) is 28.6 Å². The minimum absolute atomic E-state index is 0.0861. The van der Waals surface area contributed by atoms with Crippen LogP contribution in [-0.2, 0) is 0 Å². The van der Waals surface area contributed by atoms with Crippen LogP contribution in [0.25, 0.3) is 11.6 Å². The summed E-state index contributed by atoms with van der Waals surface area (Å²) < 4.78 is 47.2. The molecule has 0 bridgehead atoms. The lowest BCUT2D eigenvalue weighted by Crippen LogP contribution is -2.29. The Bertz CT molecular complexity index is 1010. The molecule has 0 aliphatic carbocycles. The van der Waals surface area contributed by atoms with Crippen molar-refractivity contribution in [3.63, 3.8) is 0 Å². The first-order valence-electron chi connectivity index (χ1n) is 8.66. The van der Waals surface area contributed by atoms with E-state index in [1.165, 1.54) is 12.1 Å². The summed E-state index contributed by atoms with van der Waals surface area (Å²) in [4.78, 5) is 18.3. The van der Waals surface area contributed by atoms with Crippen LogP contribution in [0.2, 0.25) is 0 Å². The number of benzene rings is 1. The molecule has 12 heteroatoms. The van der Waals surface area contributed by atoms with Crippen molar-refractivity contribution in [1.29, 1.82) is 0 Å². The zero-order valence-electron chi connectivity index (χ0n) is 15.1. The standard InChI is InChI=1S/C17H15F3N6O3/c1-10-21-15(29-23-10)14-9-26(24-22-14)12-6-7-25(8-12)16(27)11-2-4-13(5-3-11)28-17(18,19)20/h2-5,9,12H,6-8H2,1H3. The van der Waals surface area contributed by atoms with E-state index in [2.05, 4.69) is 25.2 Å². The van der Waals surface area contributed by atoms with Gasteiger partial charge in [-0.05, 0) is 37.6 Å². The third-order valence-electron chi connectivity index (χ3n) is 4.42. The Morgan fingerprint density at radius 3 is 2.69 bits per heavy atom. The fourth-order valence-corrected chi connectivity index (χ4v) is 3.08. The van der Waals surface area contributed by atoms with Gasteiger partial charge in [0.1, 0.15) is 5.75 Å². The summed E-state index contributed by atoms with van der Waals surface area (Å²) >= 11 is 0. The lowest BCUT2D eigenvalue weighted by atomic mass is 10.2. The third-order valence-corrected chi connectivity index (χ3v) is 4.42. The molecule has 4 rings (SSSR count). The number of likely N-dealkylation sites (tertiary alicyclic amines) is 1. The van der Waals surface area contributed by atoms with Gasteiger partial charge in [-0.15, -0.1) is 18.3 Å². The summed E-state index contributed by atoms with van der Waals surface area (Å²) in [7, 11) is 0. The summed E-state index contributed by atoms with van der Waals surface area (Å²) in [6.45, 7) is 2.57. The van der Waals surface area contributed by atoms with Crippen molar-refractivity contribution in [2.75, 3.05) is 13.1 Å². The van der Waals surface area contributed by atoms with Gasteiger partial charge in [0.2, 0.25) is 0 Å². The number of nitrogens with zero attached hydrogens (tertiary/aromatic N) is 6. The third kappa shape index (κ3) is 4.20. The van der Waals surface area contributed by atoms with E-state index in [0.29, 0.717) is 31.0 Å². The molecule has 1 amide bonds. The first kappa shape index (κ1) is 18.9. The molecule has 2 aromatic heterocycles. The molecular formula is C17H15F3N6O3. The van der Waals surface area contributed by atoms with Crippen molar-refractivity contribution in [1.82, 2.24) is 30.0 Å². The quantitative estimate of drug-likeness (QED) is 0.654. The molecule has 29 heavy (non-hydrogen) atoms. The van der Waals surface area contributed by atoms with Crippen LogP contribution in [0.3, 0.4) is 0 Å². The van der Waals surface area contributed by atoms with Gasteiger partial charge in [-0.25, -0.2) is 4.68 Å². The van der Waals surface area contributed by atoms with Crippen molar-refractivity contribution in [3.8, 4) is 17.3 Å². The molecule has 1 aromatic carbocycles. The van der Waals surface area contributed by atoms with Crippen LogP contribution in [0.5, 0.6) is 5.75 Å². The van der Waals surface area contributed by atoms with E-state index < -0.39 is 6.36 Å². The van der Waals surface area contributed by atoms with E-state index in [1.54, 1.807) is 22.7 Å². The second-order valence-electron chi connectivity index (χ2n) is 6.50. The average molecular weight is 408 g/mol. The summed E-state index contributed by atoms with van der Waals surface area (Å²) in [6, 6.07) is 4.76. The SMILES string of the molecule is Cc1noc(-c2cn(C3CCN(C(=O)c4ccc(OC(F)(F)F)cc4)C3)nn2)n1. The molecule has 1 saturated heterocycles. The molecule has 1 aliphatic rings. The van der Waals surface area contributed by atoms with Crippen molar-refractivity contribution in [2.24, 2.45) is 0 Å². The highest BCUT2D eigenvalue weighted by molar-refractivity contribution is 5.94. The number of carbonyl (C=O) groups is 1. The molecule has 9 nitrogen and oxygen atoms in total. The number of aryl methyl sites for hydroxylation is 1. The first-order chi connectivity index (χ1) is 13.8. The Labute approximate surface area is 162 Å². The van der Waals surface area contributed by atoms with Crippen molar-refractivity contribution in [3.05, 3.63) is 41.9 Å². The largest absolute Gasteiger partial charge is 0.573 e. The number of rotatable bonds is 4. The minimum Gasteiger partial charge on any atom is -0.406 e. The molecule has 152 valence electrons. The highest BCUT2D eigenvalue weighted by Gasteiger charge is 2.32. The number of carbonyl (C=O) groups excluding carboxylic acids is 1. The smallest absolute Gasteiger partial charge is 0.406 e. The zero-order chi connectivity index (χ0) is 20.6. The van der Waals surface area contributed by atoms with Gasteiger partial charge in [0, 0.05) is 18.7 Å². The van der Waals surface area contributed by atoms with E-state index in [4.69, 9.17) is 4.52 Å². The van der Waals surface area contributed by atoms with E-state index in [0.717, 1.165) is 12.1 Å². The number of hydrogen-bond donors (Lipinski definition) is 0. The van der Waals surface area contributed by atoms with E-state index in [9.17, 15) is 18.0 Å². The molecule has 0 radical (unpaired) electrons. The highest BCUT2D eigenvalue weighted by atomic mass is 19.4. The number of halogens is 3. The van der Waals surface area contributed by atoms with Gasteiger partial charge in [-0.3, -0.25) is 4.79 Å². The summed E-state index contributed by atoms with van der Waals surface area (Å²) in [6.07, 6.45) is -2.44. The highest BCUT2D eigenvalue weighted by Crippen LogP contribution is 2.26. The number of hydrogen-bond acceptors (Lipinski definition) is 7. The van der Waals surface area contributed by atoms with Crippen molar-refractivity contribution in [2.45, 2.75) is 25.7 Å². The van der Waals surface area contributed by atoms with Crippen LogP contribution >= 0.6 is 0 Å². The van der Waals surface area contributed by atoms with Gasteiger partial charge < -0.3 is 14.2 Å². The maximum absolute atomic E-state index is 12.6. The van der Waals surface area contributed by atoms with Crippen molar-refractivity contribution < 1.29 is 27.2 Å². The Balaban J connectivity index is 1.40. The molecule has 1 aliphatic heterocycles. The van der Waals surface area contributed by atoms with Gasteiger partial charge in [0.05, 0.1) is 12.2 Å². The van der Waals surface area contributed by atoms with Crippen LogP contribution in [0.4, 0.5) is 13.2 Å². The van der Waals surface area contributed by atoms with Crippen LogP contribution < -0.4 is 4.74 Å². The maximum atomic E-state index is 12.6. The molecule has 1 unspecified atom stereocenters. The lowest BCUT2D eigenvalue weighted by molar-refractivity contribution is -0.274. The molecular weight excluding hydrogens is 393 g/mol. The fourth-order valence-electron chi connectivity index (χ4n) is 3.08. The van der Waals surface area contributed by atoms with Gasteiger partial charge in [-0.1, -0.05) is 10.4 Å². The molecule has 1 atom stereocenters. The fraction of sp³-hybridized carbons (Fsp3) is 0.353. The molecule has 3 heterocycles. The summed E-state index contributed by atoms with van der Waals surface area (Å²) in [5, 5.41) is 11.8. The molecule has 0 spiro atoms. The van der Waals surface area contributed by atoms with Crippen molar-refractivity contribution >= 4 is 5.91 Å². The van der Waals surface area contributed by atoms with Crippen LogP contribution in [-0.4, -0.2) is 55.4 Å². The second-order valence-corrected chi connectivity index (χ2v) is 6.50. The topological polar surface area (TPSA) is 99.2 Å². The average Bonchev–Trinajstić information content (AvgIpc) is 3.40. The Hall–Kier alpha value is -3.44. The van der Waals surface area contributed by atoms with Gasteiger partial charge in [0.15, 0.2) is 11.5 Å². The van der Waals surface area contributed by atoms with E-state index in [1.807, 2.05) is 0 Å². The van der Waals surface area contributed by atoms with Gasteiger partial charge >= 0.3 is 6.36 Å². The Morgan fingerprint density at radius 2 is 2.03 bits per heavy atom. The predicted molar refractivity (Wildman–Crippen MR) is 90.7 cm³/mol. The van der Waals surface area contributed by atoms with Crippen LogP contribution in [0.15, 0.2) is 35.0 Å². The second kappa shape index (κ2) is 7.18. The maximum Gasteiger partial charge on any atom is 0.573 e. The summed E-state index contributed by atoms with van der Waals surface area (Å²) in [5.74, 6) is 0.0957. The van der Waals surface area contributed by atoms with Gasteiger partial charge in [-0.2, -0.15) is 4.98 Å². The van der Waals surface area contributed by atoms with Gasteiger partial charge in [0.25, 0.3) is 11.8 Å². The first-order valence-corrected chi connectivity index (χ1v) is 8.66. The number of amides is 1. The zero-order valence-corrected chi connectivity index (χ0v) is 15.1. The summed E-state index contributed by atoms with van der Waals surface area (Å²) in [5.41, 5.74) is 0.719. The molecule has 1 fully saturated rings. The normalized spacial score (nSPS) is 17.0. The number of alkyl halides is 3. The molecule has 3 aromatic rings. The Kier molecular flexibility index (Phi) is 4.68. The lowest BCUT2D eigenvalue weighted by Gasteiger charge is -2.17.